The first-order valence-electron chi connectivity index (χ1n) is 20.5. The van der Waals surface area contributed by atoms with Crippen molar-refractivity contribution < 1.29 is 24.6 Å². The highest BCUT2D eigenvalue weighted by Gasteiger charge is 2.45. The summed E-state index contributed by atoms with van der Waals surface area (Å²) in [6, 6.07) is 22.9. The molecule has 4 atom stereocenters. The number of carbonyl (C=O) groups excluding carboxylic acids is 3. The highest BCUT2D eigenvalue weighted by molar-refractivity contribution is 7.13. The molecule has 0 unspecified atom stereocenters. The number of likely N-dealkylation sites (tertiary alicyclic amines) is 2. The molecule has 60 heavy (non-hydrogen) atoms. The summed E-state index contributed by atoms with van der Waals surface area (Å²) in [5.74, 6) is -0.323. The van der Waals surface area contributed by atoms with Crippen molar-refractivity contribution >= 4 is 34.9 Å². The molecule has 3 amide bonds. The summed E-state index contributed by atoms with van der Waals surface area (Å²) < 4.78 is 0. The van der Waals surface area contributed by atoms with E-state index in [4.69, 9.17) is 5.73 Å². The van der Waals surface area contributed by atoms with Crippen LogP contribution in [0, 0.1) is 12.3 Å². The highest BCUT2D eigenvalue weighted by Crippen LogP contribution is 2.36. The number of aromatic nitrogens is 3. The van der Waals surface area contributed by atoms with E-state index in [0.29, 0.717) is 30.2 Å². The van der Waals surface area contributed by atoms with E-state index in [2.05, 4.69) is 42.8 Å². The second kappa shape index (κ2) is 17.9. The first-order chi connectivity index (χ1) is 28.7. The van der Waals surface area contributed by atoms with Gasteiger partial charge in [-0.2, -0.15) is 0 Å². The second-order valence-corrected chi connectivity index (χ2v) is 18.0. The van der Waals surface area contributed by atoms with Gasteiger partial charge < -0.3 is 31.5 Å². The molecule has 0 aliphatic carbocycles. The van der Waals surface area contributed by atoms with Crippen LogP contribution in [-0.2, 0) is 14.4 Å². The molecule has 14 heteroatoms. The maximum absolute atomic E-state index is 14.2. The van der Waals surface area contributed by atoms with E-state index >= 15 is 0 Å². The number of β-amino-alcohol motifs (C(OH)–C–C–N with tert-alkyl or cyclic N) is 1. The zero-order valence-electron chi connectivity index (χ0n) is 34.8. The maximum atomic E-state index is 14.2. The van der Waals surface area contributed by atoms with Crippen molar-refractivity contribution in [3.05, 3.63) is 101 Å². The van der Waals surface area contributed by atoms with E-state index < -0.39 is 23.6 Å². The number of nitrogens with zero attached hydrogens (tertiary/aromatic N) is 5. The smallest absolute Gasteiger partial charge is 0.246 e. The van der Waals surface area contributed by atoms with E-state index in [0.717, 1.165) is 51.2 Å². The predicted molar refractivity (Wildman–Crippen MR) is 234 cm³/mol. The van der Waals surface area contributed by atoms with Gasteiger partial charge in [-0.25, -0.2) is 4.98 Å². The molecule has 0 radical (unpaired) electrons. The summed E-state index contributed by atoms with van der Waals surface area (Å²) in [6.45, 7) is 11.1. The third-order valence-corrected chi connectivity index (χ3v) is 12.7. The number of anilines is 1. The Labute approximate surface area is 355 Å². The van der Waals surface area contributed by atoms with E-state index in [9.17, 15) is 24.6 Å². The first kappa shape index (κ1) is 42.4. The lowest BCUT2D eigenvalue weighted by atomic mass is 9.85. The van der Waals surface area contributed by atoms with Crippen LogP contribution in [-0.4, -0.2) is 97.3 Å². The largest absolute Gasteiger partial charge is 0.507 e. The zero-order valence-corrected chi connectivity index (χ0v) is 35.6. The Bertz CT molecular complexity index is 2340. The van der Waals surface area contributed by atoms with Crippen LogP contribution in [0.3, 0.4) is 0 Å². The molecule has 0 bridgehead atoms. The van der Waals surface area contributed by atoms with Gasteiger partial charge in [-0.05, 0) is 91.6 Å². The van der Waals surface area contributed by atoms with Crippen LogP contribution in [0.4, 0.5) is 5.82 Å². The van der Waals surface area contributed by atoms with Gasteiger partial charge in [-0.15, -0.1) is 21.5 Å². The summed E-state index contributed by atoms with van der Waals surface area (Å²) in [4.78, 5) is 50.6. The molecule has 2 saturated heterocycles. The van der Waals surface area contributed by atoms with Crippen LogP contribution in [0.25, 0.3) is 32.8 Å². The minimum Gasteiger partial charge on any atom is -0.507 e. The number of piperidine rings is 1. The molecule has 6 N–H and O–H groups in total. The number of phenolic OH excluding ortho intramolecular Hbond substituents is 1. The van der Waals surface area contributed by atoms with Crippen molar-refractivity contribution in [1.82, 2.24) is 35.6 Å². The Hall–Kier alpha value is -5.70. The molecular formula is C46H54N8O5S. The van der Waals surface area contributed by atoms with Crippen molar-refractivity contribution in [2.24, 2.45) is 5.41 Å². The third kappa shape index (κ3) is 9.51. The number of benzene rings is 3. The van der Waals surface area contributed by atoms with Gasteiger partial charge in [0.05, 0.1) is 40.5 Å². The number of hydrogen-bond acceptors (Lipinski definition) is 11. The number of nitrogens with two attached hydrogens (primary N) is 1. The van der Waals surface area contributed by atoms with E-state index in [1.807, 2.05) is 88.7 Å². The molecule has 4 heterocycles. The number of hydrogen-bond donors (Lipinski definition) is 5. The van der Waals surface area contributed by atoms with Gasteiger partial charge in [-0.3, -0.25) is 19.3 Å². The predicted octanol–water partition coefficient (Wildman–Crippen LogP) is 6.08. The minimum absolute atomic E-state index is 0.00735. The summed E-state index contributed by atoms with van der Waals surface area (Å²) in [5, 5.41) is 35.6. The molecule has 2 aliphatic rings. The fraction of sp³-hybridized carbons (Fsp3) is 0.391. The number of phenols is 1. The lowest BCUT2D eigenvalue weighted by molar-refractivity contribution is -0.144. The molecule has 2 aromatic heterocycles. The molecule has 7 rings (SSSR count). The number of aryl methyl sites for hydroxylation is 1. The SMILES string of the molecule is Cc1ncsc1-c1ccc([C@H](C)NC(=O)[C@@H]2C[C@@H](O)CN2C(=O)[C@@H](NC(=O)CN2CCC(c3cccc(-c4cc(-c5ccccc5O)nnc4N)c3)CC2)C(C)(C)C)cc1. The minimum atomic E-state index is -0.910. The van der Waals surface area contributed by atoms with Crippen LogP contribution in [0.5, 0.6) is 5.75 Å². The first-order valence-corrected chi connectivity index (χ1v) is 21.4. The quantitative estimate of drug-likeness (QED) is 0.105. The standard InChI is InChI=1S/C46H54N8O5S/c1-27(29-13-15-31(16-14-29)41-28(2)48-26-60-41)49-44(58)38-22-34(55)24-54(38)45(59)42(46(3,4)5)50-40(57)25-53-19-17-30(18-20-53)32-9-8-10-33(21-32)36-23-37(51-52-43(36)47)35-11-6-7-12-39(35)56/h6-16,21,23,26-27,30,34,38,42,55-56H,17-20,22,24-25H2,1-5H3,(H2,47,52)(H,49,58)(H,50,57)/t27-,34+,38-,42+/m0/s1. The van der Waals surface area contributed by atoms with Crippen molar-refractivity contribution in [2.45, 2.75) is 84.0 Å². The van der Waals surface area contributed by atoms with Crippen LogP contribution >= 0.6 is 11.3 Å². The molecular weight excluding hydrogens is 777 g/mol. The third-order valence-electron chi connectivity index (χ3n) is 11.7. The summed E-state index contributed by atoms with van der Waals surface area (Å²) in [7, 11) is 0. The number of aliphatic hydroxyl groups excluding tert-OH is 1. The summed E-state index contributed by atoms with van der Waals surface area (Å²) in [5.41, 5.74) is 14.3. The average Bonchev–Trinajstić information content (AvgIpc) is 3.85. The van der Waals surface area contributed by atoms with Gasteiger partial charge in [0.1, 0.15) is 17.8 Å². The summed E-state index contributed by atoms with van der Waals surface area (Å²) >= 11 is 1.58. The van der Waals surface area contributed by atoms with Gasteiger partial charge in [0.2, 0.25) is 17.7 Å². The molecule has 0 spiro atoms. The Morgan fingerprint density at radius 1 is 0.933 bits per heavy atom. The van der Waals surface area contributed by atoms with Gasteiger partial charge >= 0.3 is 0 Å². The lowest BCUT2D eigenvalue weighted by Crippen LogP contribution is -2.59. The lowest BCUT2D eigenvalue weighted by Gasteiger charge is -2.36. The number of amides is 3. The highest BCUT2D eigenvalue weighted by atomic mass is 32.1. The Kier molecular flexibility index (Phi) is 12.6. The van der Waals surface area contributed by atoms with Gasteiger partial charge in [0.15, 0.2) is 5.82 Å². The Morgan fingerprint density at radius 3 is 2.35 bits per heavy atom. The maximum Gasteiger partial charge on any atom is 0.246 e. The van der Waals surface area contributed by atoms with Crippen LogP contribution in [0.1, 0.15) is 75.7 Å². The fourth-order valence-corrected chi connectivity index (χ4v) is 9.08. The topological polar surface area (TPSA) is 187 Å². The number of para-hydroxylation sites is 1. The van der Waals surface area contributed by atoms with Gasteiger partial charge in [0, 0.05) is 24.1 Å². The van der Waals surface area contributed by atoms with E-state index in [1.54, 1.807) is 29.5 Å². The van der Waals surface area contributed by atoms with Crippen LogP contribution in [0.2, 0.25) is 0 Å². The molecule has 314 valence electrons. The van der Waals surface area contributed by atoms with Crippen LogP contribution < -0.4 is 16.4 Å². The molecule has 5 aromatic rings. The van der Waals surface area contributed by atoms with Crippen molar-refractivity contribution in [3.8, 4) is 38.6 Å². The van der Waals surface area contributed by atoms with Crippen molar-refractivity contribution in [2.75, 3.05) is 31.9 Å². The summed E-state index contributed by atoms with van der Waals surface area (Å²) in [6.07, 6.45) is 0.924. The number of carbonyl (C=O) groups is 3. The Morgan fingerprint density at radius 2 is 1.67 bits per heavy atom. The number of thiazole rings is 1. The molecule has 3 aromatic carbocycles. The molecule has 13 nitrogen and oxygen atoms in total. The average molecular weight is 831 g/mol. The number of rotatable bonds is 11. The number of nitrogens with one attached hydrogen (secondary N) is 2. The molecule has 2 aliphatic heterocycles. The van der Waals surface area contributed by atoms with Crippen molar-refractivity contribution in [1.29, 1.82) is 0 Å². The zero-order chi connectivity index (χ0) is 42.7. The Balaban J connectivity index is 0.951. The second-order valence-electron chi connectivity index (χ2n) is 17.1. The number of aliphatic hydroxyl groups is 1. The molecule has 0 saturated carbocycles. The monoisotopic (exact) mass is 830 g/mol. The van der Waals surface area contributed by atoms with Crippen molar-refractivity contribution in [3.63, 3.8) is 0 Å². The fourth-order valence-electron chi connectivity index (χ4n) is 8.26. The van der Waals surface area contributed by atoms with Gasteiger partial charge in [-0.1, -0.05) is 81.4 Å². The van der Waals surface area contributed by atoms with E-state index in [1.165, 1.54) is 4.90 Å². The molecule has 2 fully saturated rings. The normalized spacial score (nSPS) is 18.5. The number of nitrogen functional groups attached to an aromatic ring is 1. The van der Waals surface area contributed by atoms with Crippen LogP contribution in [0.15, 0.2) is 84.4 Å². The van der Waals surface area contributed by atoms with Gasteiger partial charge in [0.25, 0.3) is 0 Å². The number of aromatic hydroxyl groups is 1. The van der Waals surface area contributed by atoms with E-state index in [-0.39, 0.29) is 54.9 Å².